The number of halogens is 2. The van der Waals surface area contributed by atoms with Crippen LogP contribution in [0.1, 0.15) is 16.1 Å². The summed E-state index contributed by atoms with van der Waals surface area (Å²) in [4.78, 5) is 11.6. The number of hydrogen-bond donors (Lipinski definition) is 2. The van der Waals surface area contributed by atoms with Gasteiger partial charge in [0.1, 0.15) is 0 Å². The molecule has 0 saturated carbocycles. The topological polar surface area (TPSA) is 73.2 Å². The van der Waals surface area contributed by atoms with E-state index < -0.39 is 5.91 Å². The zero-order chi connectivity index (χ0) is 15.0. The minimum Gasteiger partial charge on any atom is -0.459 e. The third-order valence-electron chi connectivity index (χ3n) is 3.23. The van der Waals surface area contributed by atoms with E-state index in [0.29, 0.717) is 22.2 Å². The van der Waals surface area contributed by atoms with Crippen LogP contribution in [0.5, 0.6) is 0 Å². The van der Waals surface area contributed by atoms with Gasteiger partial charge in [-0.3, -0.25) is 10.2 Å². The summed E-state index contributed by atoms with van der Waals surface area (Å²) in [5.74, 6) is 4.85. The van der Waals surface area contributed by atoms with Crippen molar-refractivity contribution in [1.82, 2.24) is 9.99 Å². The van der Waals surface area contributed by atoms with E-state index in [-0.39, 0.29) is 5.76 Å². The molecule has 0 spiro atoms. The number of aromatic nitrogens is 1. The normalized spacial score (nSPS) is 11.0. The van der Waals surface area contributed by atoms with Gasteiger partial charge in [-0.15, -0.1) is 0 Å². The molecule has 0 unspecified atom stereocenters. The molecule has 0 bridgehead atoms. The number of rotatable bonds is 3. The Balaban J connectivity index is 2.03. The predicted molar refractivity (Wildman–Crippen MR) is 81.4 cm³/mol. The summed E-state index contributed by atoms with van der Waals surface area (Å²) >= 11 is 12.2. The number of benzene rings is 1. The smallest absolute Gasteiger partial charge is 0.301 e. The Bertz CT molecular complexity index is 823. The van der Waals surface area contributed by atoms with Gasteiger partial charge >= 0.3 is 5.91 Å². The molecule has 0 radical (unpaired) electrons. The van der Waals surface area contributed by atoms with Crippen molar-refractivity contribution in [1.29, 1.82) is 0 Å². The highest BCUT2D eigenvalue weighted by Gasteiger charge is 2.15. The fourth-order valence-corrected chi connectivity index (χ4v) is 2.81. The molecule has 0 aliphatic rings. The van der Waals surface area contributed by atoms with Crippen LogP contribution in [0.4, 0.5) is 0 Å². The molecule has 21 heavy (non-hydrogen) atoms. The molecule has 108 valence electrons. The van der Waals surface area contributed by atoms with Gasteiger partial charge < -0.3 is 8.98 Å². The molecule has 3 rings (SSSR count). The Morgan fingerprint density at radius 1 is 1.33 bits per heavy atom. The summed E-state index contributed by atoms with van der Waals surface area (Å²) < 4.78 is 7.10. The maximum atomic E-state index is 11.6. The summed E-state index contributed by atoms with van der Waals surface area (Å²) in [6.07, 6.45) is 3.33. The van der Waals surface area contributed by atoms with E-state index >= 15 is 0 Å². The van der Waals surface area contributed by atoms with Crippen LogP contribution in [0.25, 0.3) is 10.9 Å². The summed E-state index contributed by atoms with van der Waals surface area (Å²) in [5, 5.41) is 2.04. The van der Waals surface area contributed by atoms with Crippen molar-refractivity contribution in [3.05, 3.63) is 58.1 Å². The second kappa shape index (κ2) is 5.44. The van der Waals surface area contributed by atoms with Crippen LogP contribution in [0.15, 0.2) is 41.1 Å². The third-order valence-corrected chi connectivity index (χ3v) is 3.76. The number of hydrogen-bond acceptors (Lipinski definition) is 3. The van der Waals surface area contributed by atoms with Gasteiger partial charge in [-0.2, -0.15) is 0 Å². The van der Waals surface area contributed by atoms with Gasteiger partial charge in [-0.05, 0) is 24.3 Å². The standard InChI is InChI=1S/C14H11Cl2N3O2/c15-9-5-11(16)10-1-3-19(12(10)6-9)7-8-2-4-21-13(8)14(20)18-17/h1-6H,7,17H2,(H,18,20). The van der Waals surface area contributed by atoms with E-state index in [0.717, 1.165) is 10.9 Å². The number of hydrazine groups is 1. The molecule has 3 N–H and O–H groups in total. The number of nitrogens with zero attached hydrogens (tertiary/aromatic N) is 1. The first kappa shape index (κ1) is 14.0. The molecule has 0 aliphatic carbocycles. The molecule has 0 aliphatic heterocycles. The van der Waals surface area contributed by atoms with Crippen LogP contribution in [-0.2, 0) is 6.54 Å². The highest BCUT2D eigenvalue weighted by atomic mass is 35.5. The van der Waals surface area contributed by atoms with Gasteiger partial charge in [0.2, 0.25) is 0 Å². The fourth-order valence-electron chi connectivity index (χ4n) is 2.26. The maximum Gasteiger partial charge on any atom is 0.301 e. The lowest BCUT2D eigenvalue weighted by molar-refractivity contribution is 0.0924. The third kappa shape index (κ3) is 2.51. The molecule has 0 atom stereocenters. The Morgan fingerprint density at radius 3 is 2.90 bits per heavy atom. The molecule has 2 heterocycles. The quantitative estimate of drug-likeness (QED) is 0.441. The lowest BCUT2D eigenvalue weighted by Crippen LogP contribution is -2.30. The van der Waals surface area contributed by atoms with Crippen molar-refractivity contribution in [3.8, 4) is 0 Å². The fraction of sp³-hybridized carbons (Fsp3) is 0.0714. The monoisotopic (exact) mass is 323 g/mol. The minimum absolute atomic E-state index is 0.187. The first-order chi connectivity index (χ1) is 10.1. The number of nitrogens with two attached hydrogens (primary N) is 1. The molecule has 7 heteroatoms. The molecule has 3 aromatic rings. The first-order valence-corrected chi connectivity index (χ1v) is 6.87. The molecule has 1 aromatic carbocycles. The highest BCUT2D eigenvalue weighted by Crippen LogP contribution is 2.29. The summed E-state index contributed by atoms with van der Waals surface area (Å²) in [6.45, 7) is 0.444. The predicted octanol–water partition coefficient (Wildman–Crippen LogP) is 3.19. The molecule has 1 amide bonds. The number of carbonyl (C=O) groups is 1. The van der Waals surface area contributed by atoms with E-state index in [2.05, 4.69) is 5.43 Å². The number of carbonyl (C=O) groups excluding carboxylic acids is 1. The van der Waals surface area contributed by atoms with Crippen LogP contribution in [0.2, 0.25) is 10.0 Å². The van der Waals surface area contributed by atoms with Crippen LogP contribution in [-0.4, -0.2) is 10.5 Å². The van der Waals surface area contributed by atoms with Gasteiger partial charge in [-0.25, -0.2) is 5.84 Å². The van der Waals surface area contributed by atoms with Gasteiger partial charge in [0.25, 0.3) is 0 Å². The van der Waals surface area contributed by atoms with Crippen molar-refractivity contribution in [2.45, 2.75) is 6.54 Å². The second-order valence-electron chi connectivity index (χ2n) is 4.51. The molecule has 0 fully saturated rings. The van der Waals surface area contributed by atoms with Crippen LogP contribution < -0.4 is 11.3 Å². The van der Waals surface area contributed by atoms with Gasteiger partial charge in [0, 0.05) is 22.2 Å². The van der Waals surface area contributed by atoms with E-state index in [9.17, 15) is 4.79 Å². The van der Waals surface area contributed by atoms with Crippen molar-refractivity contribution in [3.63, 3.8) is 0 Å². The average molecular weight is 324 g/mol. The second-order valence-corrected chi connectivity index (χ2v) is 5.36. The van der Waals surface area contributed by atoms with Gasteiger partial charge in [0.15, 0.2) is 5.76 Å². The Labute approximate surface area is 130 Å². The van der Waals surface area contributed by atoms with Crippen LogP contribution in [0, 0.1) is 0 Å². The van der Waals surface area contributed by atoms with Crippen molar-refractivity contribution in [2.75, 3.05) is 0 Å². The number of furan rings is 1. The van der Waals surface area contributed by atoms with Crippen LogP contribution in [0.3, 0.4) is 0 Å². The number of amides is 1. The molecular formula is C14H11Cl2N3O2. The SMILES string of the molecule is NNC(=O)c1occc1Cn1ccc2c(Cl)cc(Cl)cc21. The van der Waals surface area contributed by atoms with Gasteiger partial charge in [0.05, 0.1) is 23.3 Å². The number of nitrogen functional groups attached to an aromatic ring is 1. The molecule has 5 nitrogen and oxygen atoms in total. The van der Waals surface area contributed by atoms with Crippen LogP contribution >= 0.6 is 23.2 Å². The van der Waals surface area contributed by atoms with Crippen molar-refractivity contribution >= 4 is 40.0 Å². The average Bonchev–Trinajstić information content (AvgIpc) is 3.06. The van der Waals surface area contributed by atoms with Crippen molar-refractivity contribution in [2.24, 2.45) is 5.84 Å². The Hall–Kier alpha value is -1.95. The zero-order valence-corrected chi connectivity index (χ0v) is 12.3. The van der Waals surface area contributed by atoms with E-state index in [4.69, 9.17) is 33.5 Å². The molecular weight excluding hydrogens is 313 g/mol. The lowest BCUT2D eigenvalue weighted by Gasteiger charge is -2.06. The van der Waals surface area contributed by atoms with E-state index in [1.807, 2.05) is 22.9 Å². The maximum absolute atomic E-state index is 11.6. The summed E-state index contributed by atoms with van der Waals surface area (Å²) in [5.41, 5.74) is 3.66. The Morgan fingerprint density at radius 2 is 2.14 bits per heavy atom. The minimum atomic E-state index is -0.470. The van der Waals surface area contributed by atoms with E-state index in [1.165, 1.54) is 6.26 Å². The zero-order valence-electron chi connectivity index (χ0n) is 10.8. The van der Waals surface area contributed by atoms with E-state index in [1.54, 1.807) is 12.1 Å². The highest BCUT2D eigenvalue weighted by molar-refractivity contribution is 6.38. The largest absolute Gasteiger partial charge is 0.459 e. The van der Waals surface area contributed by atoms with Gasteiger partial charge in [-0.1, -0.05) is 23.2 Å². The first-order valence-electron chi connectivity index (χ1n) is 6.11. The number of nitrogens with one attached hydrogen (secondary N) is 1. The lowest BCUT2D eigenvalue weighted by atomic mass is 10.2. The summed E-state index contributed by atoms with van der Waals surface area (Å²) in [7, 11) is 0. The Kier molecular flexibility index (Phi) is 3.63. The molecule has 2 aromatic heterocycles. The van der Waals surface area contributed by atoms with Crippen molar-refractivity contribution < 1.29 is 9.21 Å². The molecule has 0 saturated heterocycles. The number of fused-ring (bicyclic) bond motifs is 1. The summed E-state index contributed by atoms with van der Waals surface area (Å²) in [6, 6.07) is 7.14.